The lowest BCUT2D eigenvalue weighted by Crippen LogP contribution is -2.51. The molecule has 192 valence electrons. The van der Waals surface area contributed by atoms with Gasteiger partial charge < -0.3 is 15.0 Å². The van der Waals surface area contributed by atoms with Crippen LogP contribution in [0.4, 0.5) is 4.79 Å². The first-order valence-corrected chi connectivity index (χ1v) is 14.5. The van der Waals surface area contributed by atoms with Crippen molar-refractivity contribution in [3.8, 4) is 17.2 Å². The molecular weight excluding hydrogens is 486 g/mol. The maximum absolute atomic E-state index is 13.2. The summed E-state index contributed by atoms with van der Waals surface area (Å²) in [6.45, 7) is 2.21. The largest absolute Gasteiger partial charge is 0.449 e. The van der Waals surface area contributed by atoms with Crippen LogP contribution in [-0.4, -0.2) is 64.3 Å². The van der Waals surface area contributed by atoms with E-state index in [1.165, 1.54) is 4.90 Å². The van der Waals surface area contributed by atoms with Crippen molar-refractivity contribution in [2.75, 3.05) is 24.7 Å². The lowest BCUT2D eigenvalue weighted by molar-refractivity contribution is -0.137. The second kappa shape index (κ2) is 10.9. The Labute approximate surface area is 219 Å². The van der Waals surface area contributed by atoms with Gasteiger partial charge in [-0.05, 0) is 66.4 Å². The molecule has 1 aliphatic carbocycles. The van der Waals surface area contributed by atoms with Gasteiger partial charge in [0.15, 0.2) is 0 Å². The number of nitrogens with zero attached hydrogens (tertiary/aromatic N) is 2. The quantitative estimate of drug-likeness (QED) is 0.578. The fourth-order valence-electron chi connectivity index (χ4n) is 5.70. The van der Waals surface area contributed by atoms with Gasteiger partial charge in [-0.25, -0.2) is 4.79 Å². The number of amides is 2. The number of rotatable bonds is 6. The highest BCUT2D eigenvalue weighted by Crippen LogP contribution is 2.44. The van der Waals surface area contributed by atoms with Crippen LogP contribution in [0, 0.1) is 11.3 Å². The van der Waals surface area contributed by atoms with Crippen molar-refractivity contribution in [1.82, 2.24) is 10.2 Å². The standard InChI is InChI=1S/C29H31N3O4S/c1-19(28(34)32-14-8-13-25(32)27(33)26(17-30)37-15-6-7-16-37)31-29(35)36-18-24-22-11-4-2-9-20(22)21-10-3-5-12-23(21)24/h2-5,9-12,19,24-25H,6-8,13-16,18H2,1H3,(H,31,35)/t19-,25+/m1/s1. The molecule has 2 aliphatic heterocycles. The topological polar surface area (TPSA) is 99.5 Å². The summed E-state index contributed by atoms with van der Waals surface area (Å²) in [6, 6.07) is 16.9. The average molecular weight is 518 g/mol. The summed E-state index contributed by atoms with van der Waals surface area (Å²) in [6.07, 6.45) is 2.66. The molecule has 0 saturated carbocycles. The van der Waals surface area contributed by atoms with Crippen molar-refractivity contribution >= 4 is 33.1 Å². The first kappa shape index (κ1) is 25.2. The van der Waals surface area contributed by atoms with E-state index in [0.717, 1.165) is 46.6 Å². The van der Waals surface area contributed by atoms with Crippen LogP contribution in [0.15, 0.2) is 48.5 Å². The number of alkyl carbamates (subject to hydrolysis) is 1. The number of nitriles is 1. The molecule has 2 aromatic carbocycles. The van der Waals surface area contributed by atoms with E-state index in [9.17, 15) is 19.6 Å². The molecule has 0 radical (unpaired) electrons. The van der Waals surface area contributed by atoms with E-state index < -0.39 is 18.2 Å². The van der Waals surface area contributed by atoms with Gasteiger partial charge in [-0.1, -0.05) is 48.5 Å². The summed E-state index contributed by atoms with van der Waals surface area (Å²) in [5, 5.41) is 12.3. The number of ketones is 1. The van der Waals surface area contributed by atoms with Gasteiger partial charge >= 0.3 is 6.09 Å². The number of likely N-dealkylation sites (tertiary alicyclic amines) is 1. The Morgan fingerprint density at radius 1 is 1.05 bits per heavy atom. The van der Waals surface area contributed by atoms with E-state index in [2.05, 4.69) is 35.7 Å². The predicted molar refractivity (Wildman–Crippen MR) is 145 cm³/mol. The third-order valence-electron chi connectivity index (χ3n) is 7.53. The minimum absolute atomic E-state index is 0.0684. The molecule has 8 heteroatoms. The van der Waals surface area contributed by atoms with Crippen molar-refractivity contribution in [1.29, 1.82) is 5.26 Å². The maximum Gasteiger partial charge on any atom is 0.407 e. The lowest BCUT2D eigenvalue weighted by atomic mass is 9.98. The molecule has 2 heterocycles. The highest BCUT2D eigenvalue weighted by Gasteiger charge is 2.38. The Hall–Kier alpha value is -3.44. The number of Topliss-reactive ketones (excluding diaryl/α,β-unsaturated/α-hetero) is 1. The van der Waals surface area contributed by atoms with Gasteiger partial charge in [0.25, 0.3) is 0 Å². The summed E-state index contributed by atoms with van der Waals surface area (Å²) in [4.78, 5) is 41.0. The molecule has 2 aromatic rings. The Bertz CT molecular complexity index is 1260. The monoisotopic (exact) mass is 517 g/mol. The summed E-state index contributed by atoms with van der Waals surface area (Å²) in [5.74, 6) is 1.16. The minimum Gasteiger partial charge on any atom is -0.449 e. The fraction of sp³-hybridized carbons (Fsp3) is 0.414. The molecule has 2 amide bonds. The lowest BCUT2D eigenvalue weighted by Gasteiger charge is -2.27. The molecule has 2 fully saturated rings. The summed E-state index contributed by atoms with van der Waals surface area (Å²) >= 11 is 0. The molecular formula is C29H31N3O4S. The van der Waals surface area contributed by atoms with E-state index in [0.29, 0.717) is 24.3 Å². The Kier molecular flexibility index (Phi) is 7.43. The van der Waals surface area contributed by atoms with Crippen LogP contribution >= 0.6 is 10.5 Å². The molecule has 1 N–H and O–H groups in total. The Morgan fingerprint density at radius 2 is 1.68 bits per heavy atom. The highest BCUT2D eigenvalue weighted by atomic mass is 32.2. The summed E-state index contributed by atoms with van der Waals surface area (Å²) in [7, 11) is -0.297. The van der Waals surface area contributed by atoms with Crippen LogP contribution in [0.5, 0.6) is 0 Å². The zero-order chi connectivity index (χ0) is 25.9. The van der Waals surface area contributed by atoms with Gasteiger partial charge in [-0.3, -0.25) is 9.59 Å². The van der Waals surface area contributed by atoms with Crippen LogP contribution < -0.4 is 5.32 Å². The van der Waals surface area contributed by atoms with Gasteiger partial charge in [-0.15, -0.1) is 0 Å². The smallest absolute Gasteiger partial charge is 0.407 e. The molecule has 0 spiro atoms. The molecule has 0 aromatic heterocycles. The van der Waals surface area contributed by atoms with E-state index in [-0.39, 0.29) is 34.7 Å². The zero-order valence-electron chi connectivity index (χ0n) is 20.9. The Morgan fingerprint density at radius 3 is 2.30 bits per heavy atom. The van der Waals surface area contributed by atoms with Crippen LogP contribution in [0.3, 0.4) is 0 Å². The van der Waals surface area contributed by atoms with E-state index in [4.69, 9.17) is 4.74 Å². The number of ether oxygens (including phenoxy) is 1. The molecule has 0 unspecified atom stereocenters. The minimum atomic E-state index is -0.844. The van der Waals surface area contributed by atoms with Gasteiger partial charge in [0.05, 0.1) is 6.04 Å². The van der Waals surface area contributed by atoms with Gasteiger partial charge in [0.1, 0.15) is 23.6 Å². The van der Waals surface area contributed by atoms with Gasteiger partial charge in [0.2, 0.25) is 11.7 Å². The molecule has 3 aliphatic rings. The van der Waals surface area contributed by atoms with Crippen molar-refractivity contribution in [3.63, 3.8) is 0 Å². The fourth-order valence-corrected chi connectivity index (χ4v) is 7.97. The van der Waals surface area contributed by atoms with Gasteiger partial charge in [-0.2, -0.15) is 15.7 Å². The Balaban J connectivity index is 1.21. The number of nitrogens with one attached hydrogen (secondary N) is 1. The third kappa shape index (κ3) is 4.93. The molecule has 0 bridgehead atoms. The van der Waals surface area contributed by atoms with Gasteiger partial charge in [0, 0.05) is 12.5 Å². The number of hydrogen-bond acceptors (Lipinski definition) is 5. The number of hydrogen-bond donors (Lipinski definition) is 1. The van der Waals surface area contributed by atoms with Crippen molar-refractivity contribution < 1.29 is 19.1 Å². The first-order chi connectivity index (χ1) is 18.0. The molecule has 2 saturated heterocycles. The zero-order valence-corrected chi connectivity index (χ0v) is 21.8. The SMILES string of the molecule is C[C@@H](NC(=O)OCC1c2ccccc2-c2ccccc21)C(=O)N1CCC[C@H]1C(=O)C(C#N)=S1CCCC1. The molecule has 37 heavy (non-hydrogen) atoms. The molecule has 7 nitrogen and oxygen atoms in total. The summed E-state index contributed by atoms with van der Waals surface area (Å²) < 4.78 is 5.59. The second-order valence-electron chi connectivity index (χ2n) is 9.79. The number of benzene rings is 2. The van der Waals surface area contributed by atoms with Crippen molar-refractivity contribution in [2.24, 2.45) is 0 Å². The van der Waals surface area contributed by atoms with E-state index in [1.807, 2.05) is 24.3 Å². The van der Waals surface area contributed by atoms with Crippen molar-refractivity contribution in [3.05, 3.63) is 59.7 Å². The average Bonchev–Trinajstić information content (AvgIpc) is 3.67. The van der Waals surface area contributed by atoms with E-state index >= 15 is 0 Å². The van der Waals surface area contributed by atoms with Crippen LogP contribution in [-0.2, 0) is 14.3 Å². The predicted octanol–water partition coefficient (Wildman–Crippen LogP) is 4.23. The molecule has 2 atom stereocenters. The van der Waals surface area contributed by atoms with Crippen LogP contribution in [0.2, 0.25) is 0 Å². The normalized spacial score (nSPS) is 19.6. The highest BCUT2D eigenvalue weighted by molar-refractivity contribution is 8.17. The van der Waals surface area contributed by atoms with Crippen molar-refractivity contribution in [2.45, 2.75) is 50.6 Å². The maximum atomic E-state index is 13.2. The molecule has 5 rings (SSSR count). The van der Waals surface area contributed by atoms with E-state index in [1.54, 1.807) is 6.92 Å². The van der Waals surface area contributed by atoms with Crippen LogP contribution in [0.25, 0.3) is 11.1 Å². The third-order valence-corrected chi connectivity index (χ3v) is 9.97. The number of carbonyl (C=O) groups is 3. The second-order valence-corrected chi connectivity index (χ2v) is 12.0. The summed E-state index contributed by atoms with van der Waals surface area (Å²) in [5.41, 5.74) is 4.53. The number of carbonyl (C=O) groups excluding carboxylic acids is 3. The van der Waals surface area contributed by atoms with Crippen LogP contribution in [0.1, 0.15) is 49.7 Å². The first-order valence-electron chi connectivity index (χ1n) is 12.9. The number of fused-ring (bicyclic) bond motifs is 3.